The minimum atomic E-state index is -0.658. The molecular formula is C26H31BrN2O4. The number of hydrogen-bond acceptors (Lipinski definition) is 5. The average molecular weight is 515 g/mol. The third-order valence-electron chi connectivity index (χ3n) is 5.64. The molecular weight excluding hydrogens is 484 g/mol. The van der Waals surface area contributed by atoms with Crippen LogP contribution in [0, 0.1) is 6.92 Å². The summed E-state index contributed by atoms with van der Waals surface area (Å²) in [7, 11) is 3.94. The summed E-state index contributed by atoms with van der Waals surface area (Å²) in [6.07, 6.45) is 1.61. The lowest BCUT2D eigenvalue weighted by molar-refractivity contribution is -0.139. The molecule has 0 unspecified atom stereocenters. The Balaban J connectivity index is 2.05. The summed E-state index contributed by atoms with van der Waals surface area (Å²) >= 11 is 3.44. The van der Waals surface area contributed by atoms with E-state index in [1.54, 1.807) is 23.1 Å². The highest BCUT2D eigenvalue weighted by atomic mass is 79.9. The number of hydrogen-bond donors (Lipinski definition) is 1. The van der Waals surface area contributed by atoms with Crippen LogP contribution >= 0.6 is 15.9 Å². The molecule has 0 radical (unpaired) electrons. The lowest BCUT2D eigenvalue weighted by Crippen LogP contribution is -2.32. The summed E-state index contributed by atoms with van der Waals surface area (Å²) in [4.78, 5) is 29.7. The molecule has 6 nitrogen and oxygen atoms in total. The Morgan fingerprint density at radius 3 is 2.45 bits per heavy atom. The van der Waals surface area contributed by atoms with Gasteiger partial charge in [0.05, 0.1) is 18.2 Å². The van der Waals surface area contributed by atoms with Crippen LogP contribution < -0.4 is 4.74 Å². The molecule has 1 heterocycles. The van der Waals surface area contributed by atoms with Crippen LogP contribution in [0.25, 0.3) is 5.76 Å². The van der Waals surface area contributed by atoms with Crippen molar-refractivity contribution >= 4 is 33.4 Å². The Bertz CT molecular complexity index is 1050. The number of aliphatic hydroxyl groups excluding tert-OH is 1. The van der Waals surface area contributed by atoms with E-state index in [-0.39, 0.29) is 11.3 Å². The van der Waals surface area contributed by atoms with Crippen molar-refractivity contribution in [2.24, 2.45) is 0 Å². The van der Waals surface area contributed by atoms with Gasteiger partial charge in [-0.25, -0.2) is 0 Å². The molecule has 1 N–H and O–H groups in total. The maximum Gasteiger partial charge on any atom is 0.295 e. The van der Waals surface area contributed by atoms with E-state index in [0.717, 1.165) is 40.7 Å². The number of carbonyl (C=O) groups excluding carboxylic acids is 2. The fourth-order valence-corrected chi connectivity index (χ4v) is 4.25. The molecule has 1 amide bonds. The first kappa shape index (κ1) is 25.0. The molecule has 176 valence electrons. The van der Waals surface area contributed by atoms with Crippen LogP contribution in [0.1, 0.15) is 42.5 Å². The molecule has 1 atom stereocenters. The van der Waals surface area contributed by atoms with Crippen molar-refractivity contribution in [1.29, 1.82) is 0 Å². The zero-order valence-corrected chi connectivity index (χ0v) is 21.2. The monoisotopic (exact) mass is 514 g/mol. The lowest BCUT2D eigenvalue weighted by Gasteiger charge is -2.26. The number of Topliss-reactive ketones (excluding diaryl/α,β-unsaturated/α-hetero) is 1. The van der Waals surface area contributed by atoms with E-state index in [4.69, 9.17) is 4.74 Å². The van der Waals surface area contributed by atoms with Crippen molar-refractivity contribution in [3.8, 4) is 5.75 Å². The number of amides is 1. The van der Waals surface area contributed by atoms with Gasteiger partial charge in [0.15, 0.2) is 0 Å². The predicted octanol–water partition coefficient (Wildman–Crippen LogP) is 4.92. The number of likely N-dealkylation sites (tertiary alicyclic amines) is 1. The van der Waals surface area contributed by atoms with Crippen molar-refractivity contribution < 1.29 is 19.4 Å². The van der Waals surface area contributed by atoms with Crippen molar-refractivity contribution in [1.82, 2.24) is 9.80 Å². The van der Waals surface area contributed by atoms with Gasteiger partial charge < -0.3 is 19.6 Å². The maximum absolute atomic E-state index is 13.1. The van der Waals surface area contributed by atoms with Gasteiger partial charge in [-0.2, -0.15) is 0 Å². The smallest absolute Gasteiger partial charge is 0.295 e. The number of benzene rings is 2. The van der Waals surface area contributed by atoms with Crippen LogP contribution in [0.2, 0.25) is 0 Å². The molecule has 0 bridgehead atoms. The van der Waals surface area contributed by atoms with Crippen LogP contribution in [0.3, 0.4) is 0 Å². The number of aliphatic hydroxyl groups is 1. The summed E-state index contributed by atoms with van der Waals surface area (Å²) in [5.74, 6) is -0.666. The first-order valence-corrected chi connectivity index (χ1v) is 12.0. The highest BCUT2D eigenvalue weighted by Gasteiger charge is 2.45. The minimum absolute atomic E-state index is 0.119. The SMILES string of the molecule is CCCOc1ccc(C(O)=C2C(=O)C(=O)N(CCCN(C)C)[C@@H]2c2ccc(Br)cc2)cc1C. The van der Waals surface area contributed by atoms with Crippen molar-refractivity contribution in [3.63, 3.8) is 0 Å². The molecule has 2 aromatic carbocycles. The number of nitrogens with zero attached hydrogens (tertiary/aromatic N) is 2. The van der Waals surface area contributed by atoms with Crippen molar-refractivity contribution in [3.05, 3.63) is 69.2 Å². The van der Waals surface area contributed by atoms with Gasteiger partial charge in [0.2, 0.25) is 0 Å². The van der Waals surface area contributed by atoms with E-state index in [0.29, 0.717) is 18.7 Å². The molecule has 1 aliphatic rings. The number of aryl methyl sites for hydroxylation is 1. The topological polar surface area (TPSA) is 70.1 Å². The molecule has 0 spiro atoms. The molecule has 33 heavy (non-hydrogen) atoms. The zero-order chi connectivity index (χ0) is 24.1. The van der Waals surface area contributed by atoms with Gasteiger partial charge in [-0.15, -0.1) is 0 Å². The van der Waals surface area contributed by atoms with Gasteiger partial charge >= 0.3 is 0 Å². The van der Waals surface area contributed by atoms with E-state index in [2.05, 4.69) is 15.9 Å². The van der Waals surface area contributed by atoms with Gasteiger partial charge in [0.25, 0.3) is 11.7 Å². The summed E-state index contributed by atoms with van der Waals surface area (Å²) in [5.41, 5.74) is 2.25. The van der Waals surface area contributed by atoms with E-state index in [9.17, 15) is 14.7 Å². The Morgan fingerprint density at radius 1 is 1.15 bits per heavy atom. The standard InChI is InChI=1S/C26H31BrN2O4/c1-5-15-33-21-12-9-19(16-17(21)2)24(30)22-23(18-7-10-20(27)11-8-18)29(26(32)25(22)31)14-6-13-28(3)4/h7-12,16,23,30H,5-6,13-15H2,1-4H3/t23-/m1/s1. The molecule has 1 fully saturated rings. The molecule has 7 heteroatoms. The van der Waals surface area contributed by atoms with Crippen LogP contribution in [-0.4, -0.2) is 60.4 Å². The molecule has 0 aliphatic carbocycles. The second-order valence-electron chi connectivity index (χ2n) is 8.53. The van der Waals surface area contributed by atoms with Gasteiger partial charge in [-0.3, -0.25) is 9.59 Å². The third kappa shape index (κ3) is 5.65. The maximum atomic E-state index is 13.1. The number of rotatable bonds is 9. The molecule has 0 aromatic heterocycles. The van der Waals surface area contributed by atoms with E-state index < -0.39 is 17.7 Å². The van der Waals surface area contributed by atoms with Gasteiger partial charge in [-0.05, 0) is 81.9 Å². The van der Waals surface area contributed by atoms with Gasteiger partial charge in [-0.1, -0.05) is 35.0 Å². The molecule has 1 aliphatic heterocycles. The normalized spacial score (nSPS) is 17.8. The number of carbonyl (C=O) groups is 2. The van der Waals surface area contributed by atoms with Gasteiger partial charge in [0.1, 0.15) is 11.5 Å². The summed E-state index contributed by atoms with van der Waals surface area (Å²) < 4.78 is 6.63. The van der Waals surface area contributed by atoms with E-state index >= 15 is 0 Å². The third-order valence-corrected chi connectivity index (χ3v) is 6.17. The molecule has 0 saturated carbocycles. The number of halogens is 1. The Labute approximate surface area is 204 Å². The average Bonchev–Trinajstić information content (AvgIpc) is 3.03. The van der Waals surface area contributed by atoms with Crippen molar-refractivity contribution in [2.45, 2.75) is 32.7 Å². The second-order valence-corrected chi connectivity index (χ2v) is 9.45. The van der Waals surface area contributed by atoms with E-state index in [1.807, 2.05) is 57.1 Å². The van der Waals surface area contributed by atoms with Crippen LogP contribution in [0.5, 0.6) is 5.75 Å². The molecule has 3 rings (SSSR count). The largest absolute Gasteiger partial charge is 0.507 e. The summed E-state index contributed by atoms with van der Waals surface area (Å²) in [5, 5.41) is 11.2. The first-order valence-electron chi connectivity index (χ1n) is 11.2. The van der Waals surface area contributed by atoms with Crippen LogP contribution in [-0.2, 0) is 9.59 Å². The number of ether oxygens (including phenoxy) is 1. The van der Waals surface area contributed by atoms with E-state index in [1.165, 1.54) is 0 Å². The van der Waals surface area contributed by atoms with Gasteiger partial charge in [0, 0.05) is 16.6 Å². The molecule has 2 aromatic rings. The highest BCUT2D eigenvalue weighted by Crippen LogP contribution is 2.40. The summed E-state index contributed by atoms with van der Waals surface area (Å²) in [6.45, 7) is 5.74. The Hall–Kier alpha value is -2.64. The van der Waals surface area contributed by atoms with Crippen LogP contribution in [0.15, 0.2) is 52.5 Å². The zero-order valence-electron chi connectivity index (χ0n) is 19.6. The quantitative estimate of drug-likeness (QED) is 0.292. The Morgan fingerprint density at radius 2 is 1.85 bits per heavy atom. The molecule has 1 saturated heterocycles. The van der Waals surface area contributed by atoms with Crippen molar-refractivity contribution in [2.75, 3.05) is 33.8 Å². The lowest BCUT2D eigenvalue weighted by atomic mass is 9.94. The highest BCUT2D eigenvalue weighted by molar-refractivity contribution is 9.10. The Kier molecular flexibility index (Phi) is 8.32. The second kappa shape index (κ2) is 11.0. The predicted molar refractivity (Wildman–Crippen MR) is 133 cm³/mol. The van der Waals surface area contributed by atoms with Crippen LogP contribution in [0.4, 0.5) is 0 Å². The minimum Gasteiger partial charge on any atom is -0.507 e. The number of ketones is 1. The fraction of sp³-hybridized carbons (Fsp3) is 0.385. The first-order chi connectivity index (χ1) is 15.7. The summed E-state index contributed by atoms with van der Waals surface area (Å²) in [6, 6.07) is 12.2. The fourth-order valence-electron chi connectivity index (χ4n) is 3.99.